The topological polar surface area (TPSA) is 77.2 Å². The van der Waals surface area contributed by atoms with Crippen LogP contribution in [-0.2, 0) is 10.2 Å². The van der Waals surface area contributed by atoms with Gasteiger partial charge in [0.05, 0.1) is 7.11 Å². The summed E-state index contributed by atoms with van der Waals surface area (Å²) in [4.78, 5) is 12.4. The second kappa shape index (κ2) is 8.31. The lowest BCUT2D eigenvalue weighted by Gasteiger charge is -2.18. The van der Waals surface area contributed by atoms with Crippen molar-refractivity contribution in [3.63, 3.8) is 0 Å². The summed E-state index contributed by atoms with van der Waals surface area (Å²) < 4.78 is 10.1. The van der Waals surface area contributed by atoms with Gasteiger partial charge in [-0.1, -0.05) is 45.0 Å². The fraction of sp³-hybridized carbons (Fsp3) is 0.261. The minimum Gasteiger partial charge on any atom is -0.497 e. The number of hydrogen-bond donors (Lipinski definition) is 1. The van der Waals surface area contributed by atoms with Gasteiger partial charge in [-0.25, -0.2) is 4.63 Å². The molecule has 0 aliphatic carbocycles. The van der Waals surface area contributed by atoms with Gasteiger partial charge in [0.25, 0.3) is 0 Å². The number of methoxy groups -OCH3 is 1. The maximum Gasteiger partial charge on any atom is 0.249 e. The standard InChI is InChI=1S/C23H25N3O3/c1-15-14-18(28-5)11-12-19(15)21-22(26-29-25-21)24-20(27)13-8-16-6-9-17(10-7-16)23(2,3)4/h6-14H,1-5H3,(H,24,26,27)/b13-8+. The Morgan fingerprint density at radius 1 is 1.10 bits per heavy atom. The molecule has 1 heterocycles. The first-order valence-electron chi connectivity index (χ1n) is 9.35. The van der Waals surface area contributed by atoms with E-state index in [1.165, 1.54) is 11.6 Å². The third-order valence-corrected chi connectivity index (χ3v) is 4.62. The van der Waals surface area contributed by atoms with E-state index in [9.17, 15) is 4.79 Å². The second-order valence-electron chi connectivity index (χ2n) is 7.84. The summed E-state index contributed by atoms with van der Waals surface area (Å²) in [5.74, 6) is 0.706. The average molecular weight is 391 g/mol. The molecule has 0 saturated carbocycles. The van der Waals surface area contributed by atoms with Gasteiger partial charge in [0.2, 0.25) is 11.7 Å². The summed E-state index contributed by atoms with van der Waals surface area (Å²) in [6, 6.07) is 13.7. The van der Waals surface area contributed by atoms with Crippen LogP contribution < -0.4 is 10.1 Å². The first kappa shape index (κ1) is 20.3. The van der Waals surface area contributed by atoms with E-state index < -0.39 is 0 Å². The molecular weight excluding hydrogens is 366 g/mol. The van der Waals surface area contributed by atoms with Crippen molar-refractivity contribution in [2.45, 2.75) is 33.1 Å². The van der Waals surface area contributed by atoms with E-state index in [2.05, 4.69) is 48.5 Å². The van der Waals surface area contributed by atoms with Crippen LogP contribution in [0.2, 0.25) is 0 Å². The molecule has 1 N–H and O–H groups in total. The Bertz CT molecular complexity index is 1030. The molecule has 2 aromatic carbocycles. The monoisotopic (exact) mass is 391 g/mol. The van der Waals surface area contributed by atoms with Gasteiger partial charge in [-0.15, -0.1) is 0 Å². The van der Waals surface area contributed by atoms with Crippen LogP contribution in [0.3, 0.4) is 0 Å². The number of nitrogens with one attached hydrogen (secondary N) is 1. The Morgan fingerprint density at radius 3 is 2.45 bits per heavy atom. The molecule has 1 amide bonds. The SMILES string of the molecule is COc1ccc(-c2nonc2NC(=O)/C=C/c2ccc(C(C)(C)C)cc2)c(C)c1. The molecule has 0 fully saturated rings. The zero-order valence-electron chi connectivity index (χ0n) is 17.3. The summed E-state index contributed by atoms with van der Waals surface area (Å²) in [7, 11) is 1.61. The zero-order valence-corrected chi connectivity index (χ0v) is 17.3. The highest BCUT2D eigenvalue weighted by atomic mass is 16.6. The van der Waals surface area contributed by atoms with Gasteiger partial charge in [0.1, 0.15) is 5.75 Å². The normalized spacial score (nSPS) is 11.6. The van der Waals surface area contributed by atoms with E-state index in [0.717, 1.165) is 22.4 Å². The number of anilines is 1. The van der Waals surface area contributed by atoms with Crippen molar-refractivity contribution >= 4 is 17.8 Å². The van der Waals surface area contributed by atoms with Crippen molar-refractivity contribution < 1.29 is 14.2 Å². The average Bonchev–Trinajstić information content (AvgIpc) is 3.13. The van der Waals surface area contributed by atoms with E-state index in [4.69, 9.17) is 9.37 Å². The van der Waals surface area contributed by atoms with Gasteiger partial charge in [-0.05, 0) is 63.6 Å². The molecule has 0 atom stereocenters. The lowest BCUT2D eigenvalue weighted by atomic mass is 9.87. The quantitative estimate of drug-likeness (QED) is 0.619. The van der Waals surface area contributed by atoms with Crippen LogP contribution in [0.4, 0.5) is 5.82 Å². The van der Waals surface area contributed by atoms with Crippen molar-refractivity contribution in [1.29, 1.82) is 0 Å². The summed E-state index contributed by atoms with van der Waals surface area (Å²) >= 11 is 0. The first-order valence-corrected chi connectivity index (χ1v) is 9.35. The Morgan fingerprint density at radius 2 is 1.83 bits per heavy atom. The highest BCUT2D eigenvalue weighted by molar-refractivity contribution is 6.03. The third-order valence-electron chi connectivity index (χ3n) is 4.62. The van der Waals surface area contributed by atoms with E-state index in [1.54, 1.807) is 13.2 Å². The van der Waals surface area contributed by atoms with Gasteiger partial charge in [0, 0.05) is 11.6 Å². The van der Waals surface area contributed by atoms with E-state index >= 15 is 0 Å². The number of aromatic nitrogens is 2. The fourth-order valence-electron chi connectivity index (χ4n) is 2.90. The molecule has 0 aliphatic heterocycles. The molecule has 6 nitrogen and oxygen atoms in total. The number of amides is 1. The van der Waals surface area contributed by atoms with Crippen LogP contribution in [0.1, 0.15) is 37.5 Å². The number of ether oxygens (including phenoxy) is 1. The van der Waals surface area contributed by atoms with Crippen LogP contribution in [0.15, 0.2) is 53.2 Å². The molecule has 150 valence electrons. The summed E-state index contributed by atoms with van der Waals surface area (Å²) in [5, 5.41) is 10.5. The maximum atomic E-state index is 12.4. The van der Waals surface area contributed by atoms with Crippen LogP contribution in [0.25, 0.3) is 17.3 Å². The smallest absolute Gasteiger partial charge is 0.249 e. The lowest BCUT2D eigenvalue weighted by Crippen LogP contribution is -2.10. The molecular formula is C23H25N3O3. The lowest BCUT2D eigenvalue weighted by molar-refractivity contribution is -0.111. The summed E-state index contributed by atoms with van der Waals surface area (Å²) in [6.07, 6.45) is 3.22. The van der Waals surface area contributed by atoms with Gasteiger partial charge in [-0.3, -0.25) is 4.79 Å². The minimum absolute atomic E-state index is 0.0928. The van der Waals surface area contributed by atoms with Crippen molar-refractivity contribution in [2.24, 2.45) is 0 Å². The van der Waals surface area contributed by atoms with Gasteiger partial charge < -0.3 is 10.1 Å². The number of aryl methyl sites for hydroxylation is 1. The molecule has 3 aromatic rings. The molecule has 1 aromatic heterocycles. The third kappa shape index (κ3) is 4.90. The van der Waals surface area contributed by atoms with Gasteiger partial charge in [-0.2, -0.15) is 0 Å². The maximum absolute atomic E-state index is 12.4. The summed E-state index contributed by atoms with van der Waals surface area (Å²) in [6.45, 7) is 8.43. The first-order chi connectivity index (χ1) is 13.8. The molecule has 29 heavy (non-hydrogen) atoms. The Balaban J connectivity index is 1.72. The number of carbonyl (C=O) groups excluding carboxylic acids is 1. The molecule has 6 heteroatoms. The van der Waals surface area contributed by atoms with Crippen molar-refractivity contribution in [3.05, 3.63) is 65.2 Å². The second-order valence-corrected chi connectivity index (χ2v) is 7.84. The fourth-order valence-corrected chi connectivity index (χ4v) is 2.90. The molecule has 0 radical (unpaired) electrons. The zero-order chi connectivity index (χ0) is 21.0. The Hall–Kier alpha value is -3.41. The van der Waals surface area contributed by atoms with Crippen LogP contribution in [0.5, 0.6) is 5.75 Å². The van der Waals surface area contributed by atoms with Crippen LogP contribution in [-0.4, -0.2) is 23.3 Å². The highest BCUT2D eigenvalue weighted by Gasteiger charge is 2.16. The minimum atomic E-state index is -0.312. The van der Waals surface area contributed by atoms with E-state index in [0.29, 0.717) is 5.69 Å². The molecule has 0 aliphatic rings. The molecule has 0 unspecified atom stereocenters. The van der Waals surface area contributed by atoms with E-state index in [-0.39, 0.29) is 17.1 Å². The van der Waals surface area contributed by atoms with Crippen molar-refractivity contribution in [1.82, 2.24) is 10.3 Å². The summed E-state index contributed by atoms with van der Waals surface area (Å²) in [5.41, 5.74) is 4.50. The van der Waals surface area contributed by atoms with Crippen LogP contribution in [0, 0.1) is 6.92 Å². The predicted molar refractivity (Wildman–Crippen MR) is 114 cm³/mol. The molecule has 3 rings (SSSR count). The number of nitrogens with zero attached hydrogens (tertiary/aromatic N) is 2. The number of hydrogen-bond acceptors (Lipinski definition) is 5. The van der Waals surface area contributed by atoms with Gasteiger partial charge >= 0.3 is 0 Å². The largest absolute Gasteiger partial charge is 0.497 e. The Kier molecular flexibility index (Phi) is 5.82. The van der Waals surface area contributed by atoms with Crippen LogP contribution >= 0.6 is 0 Å². The van der Waals surface area contributed by atoms with Crippen molar-refractivity contribution in [3.8, 4) is 17.0 Å². The highest BCUT2D eigenvalue weighted by Crippen LogP contribution is 2.30. The number of rotatable bonds is 5. The number of carbonyl (C=O) groups is 1. The van der Waals surface area contributed by atoms with Gasteiger partial charge in [0.15, 0.2) is 5.69 Å². The number of benzene rings is 2. The molecule has 0 saturated heterocycles. The van der Waals surface area contributed by atoms with Crippen molar-refractivity contribution in [2.75, 3.05) is 12.4 Å². The predicted octanol–water partition coefficient (Wildman–Crippen LogP) is 5.00. The van der Waals surface area contributed by atoms with E-state index in [1.807, 2.05) is 37.3 Å². The Labute approximate surface area is 170 Å². The molecule has 0 spiro atoms. The molecule has 0 bridgehead atoms.